The molecular formula is C12H18Cl2N2S2. The molecule has 6 heteroatoms. The van der Waals surface area contributed by atoms with Gasteiger partial charge in [0.15, 0.2) is 0 Å². The van der Waals surface area contributed by atoms with Crippen molar-refractivity contribution in [2.24, 2.45) is 0 Å². The summed E-state index contributed by atoms with van der Waals surface area (Å²) < 4.78 is 0. The second-order valence-electron chi connectivity index (χ2n) is 4.03. The Bertz CT molecular complexity index is 329. The van der Waals surface area contributed by atoms with Gasteiger partial charge in [-0.1, -0.05) is 11.6 Å². The lowest BCUT2D eigenvalue weighted by molar-refractivity contribution is 0.349. The Hall–Kier alpha value is 0.390. The molecule has 1 aromatic rings. The van der Waals surface area contributed by atoms with Gasteiger partial charge >= 0.3 is 0 Å². The lowest BCUT2D eigenvalue weighted by Crippen LogP contribution is -2.20. The van der Waals surface area contributed by atoms with E-state index < -0.39 is 0 Å². The summed E-state index contributed by atoms with van der Waals surface area (Å²) in [5.74, 6) is 3.69. The number of unbranched alkanes of at least 4 members (excludes halogenated alkanes) is 1. The zero-order valence-electron chi connectivity index (χ0n) is 10.2. The predicted octanol–water partition coefficient (Wildman–Crippen LogP) is 4.04. The molecule has 2 nitrogen and oxygen atoms in total. The summed E-state index contributed by atoms with van der Waals surface area (Å²) in [5, 5.41) is 1.78. The average molecular weight is 325 g/mol. The maximum Gasteiger partial charge on any atom is 0.0960 e. The van der Waals surface area contributed by atoms with Crippen LogP contribution in [0.5, 0.6) is 0 Å². The first-order valence-electron chi connectivity index (χ1n) is 5.89. The number of hydrogen-bond donors (Lipinski definition) is 0. The molecule has 0 N–H and O–H groups in total. The summed E-state index contributed by atoms with van der Waals surface area (Å²) in [4.78, 5) is 6.81. The van der Waals surface area contributed by atoms with Gasteiger partial charge in [0.2, 0.25) is 0 Å². The van der Waals surface area contributed by atoms with E-state index in [1.807, 2.05) is 35.7 Å². The summed E-state index contributed by atoms with van der Waals surface area (Å²) in [6.07, 6.45) is 4.27. The molecule has 0 amide bonds. The second-order valence-corrected chi connectivity index (χ2v) is 6.65. The van der Waals surface area contributed by atoms with Crippen LogP contribution in [0.4, 0.5) is 0 Å². The van der Waals surface area contributed by atoms with Crippen molar-refractivity contribution in [3.63, 3.8) is 0 Å². The highest BCUT2D eigenvalue weighted by Gasteiger charge is 2.10. The van der Waals surface area contributed by atoms with Gasteiger partial charge in [-0.05, 0) is 37.3 Å². The topological polar surface area (TPSA) is 16.1 Å². The zero-order chi connectivity index (χ0) is 11.9. The lowest BCUT2D eigenvalue weighted by Gasteiger charge is -2.12. The average Bonchev–Trinajstić information content (AvgIpc) is 2.84. The van der Waals surface area contributed by atoms with E-state index in [0.717, 1.165) is 10.8 Å². The highest BCUT2D eigenvalue weighted by molar-refractivity contribution is 7.99. The Morgan fingerprint density at radius 3 is 2.94 bits per heavy atom. The van der Waals surface area contributed by atoms with Crippen LogP contribution in [-0.4, -0.2) is 40.4 Å². The Labute approximate surface area is 129 Å². The number of halogens is 2. The summed E-state index contributed by atoms with van der Waals surface area (Å²) >= 11 is 9.65. The predicted molar refractivity (Wildman–Crippen MR) is 85.4 cm³/mol. The number of thioether (sulfide) groups is 2. The van der Waals surface area contributed by atoms with E-state index in [-0.39, 0.29) is 12.4 Å². The van der Waals surface area contributed by atoms with Gasteiger partial charge < -0.3 is 0 Å². The normalized spacial score (nSPS) is 15.6. The minimum Gasteiger partial charge on any atom is -0.293 e. The van der Waals surface area contributed by atoms with Crippen LogP contribution in [0.15, 0.2) is 23.4 Å². The molecule has 0 saturated carbocycles. The second kappa shape index (κ2) is 9.32. The Morgan fingerprint density at radius 1 is 1.39 bits per heavy atom. The molecule has 102 valence electrons. The lowest BCUT2D eigenvalue weighted by atomic mass is 10.3. The number of rotatable bonds is 6. The van der Waals surface area contributed by atoms with Crippen LogP contribution in [0.25, 0.3) is 0 Å². The van der Waals surface area contributed by atoms with Crippen molar-refractivity contribution >= 4 is 47.5 Å². The van der Waals surface area contributed by atoms with E-state index in [1.165, 1.54) is 37.6 Å². The Balaban J connectivity index is 0.00000162. The van der Waals surface area contributed by atoms with Crippen molar-refractivity contribution in [2.75, 3.05) is 30.5 Å². The van der Waals surface area contributed by atoms with Crippen molar-refractivity contribution in [3.8, 4) is 0 Å². The van der Waals surface area contributed by atoms with Crippen molar-refractivity contribution in [2.45, 2.75) is 17.9 Å². The van der Waals surface area contributed by atoms with Gasteiger partial charge in [0.1, 0.15) is 0 Å². The van der Waals surface area contributed by atoms with Crippen LogP contribution in [0, 0.1) is 0 Å². The van der Waals surface area contributed by atoms with E-state index in [0.29, 0.717) is 5.02 Å². The molecule has 0 bridgehead atoms. The van der Waals surface area contributed by atoms with Crippen molar-refractivity contribution < 1.29 is 0 Å². The fraction of sp³-hybridized carbons (Fsp3) is 0.583. The van der Waals surface area contributed by atoms with Crippen LogP contribution < -0.4 is 0 Å². The van der Waals surface area contributed by atoms with Crippen molar-refractivity contribution in [3.05, 3.63) is 23.4 Å². The van der Waals surface area contributed by atoms with Crippen LogP contribution >= 0.6 is 47.5 Å². The first-order chi connectivity index (χ1) is 8.34. The number of aromatic nitrogens is 1. The number of nitrogens with zero attached hydrogens (tertiary/aromatic N) is 2. The van der Waals surface area contributed by atoms with Gasteiger partial charge in [0.25, 0.3) is 0 Å². The Kier molecular flexibility index (Phi) is 8.51. The highest BCUT2D eigenvalue weighted by atomic mass is 35.5. The third-order valence-corrected chi connectivity index (χ3v) is 4.92. The molecule has 0 radical (unpaired) electrons. The molecule has 0 unspecified atom stereocenters. The monoisotopic (exact) mass is 324 g/mol. The third kappa shape index (κ3) is 6.02. The van der Waals surface area contributed by atoms with Crippen LogP contribution in [0.3, 0.4) is 0 Å². The van der Waals surface area contributed by atoms with E-state index in [2.05, 4.69) is 9.88 Å². The fourth-order valence-electron chi connectivity index (χ4n) is 1.69. The highest BCUT2D eigenvalue weighted by Crippen LogP contribution is 2.19. The third-order valence-electron chi connectivity index (χ3n) is 2.64. The molecule has 18 heavy (non-hydrogen) atoms. The fourth-order valence-corrected chi connectivity index (χ4v) is 3.68. The molecule has 0 atom stereocenters. The maximum absolute atomic E-state index is 5.79. The standard InChI is InChI=1S/C12H17ClN2S2.ClH/c13-11-3-4-12(14-9-11)17-7-2-1-5-15-6-8-16-10-15;/h3-4,9H,1-2,5-8,10H2;1H. The van der Waals surface area contributed by atoms with Gasteiger partial charge in [-0.3, -0.25) is 4.90 Å². The largest absolute Gasteiger partial charge is 0.293 e. The minimum absolute atomic E-state index is 0. The summed E-state index contributed by atoms with van der Waals surface area (Å²) in [5.41, 5.74) is 0. The maximum atomic E-state index is 5.79. The van der Waals surface area contributed by atoms with Crippen LogP contribution in [0.2, 0.25) is 5.02 Å². The van der Waals surface area contributed by atoms with Gasteiger partial charge in [0.05, 0.1) is 10.0 Å². The van der Waals surface area contributed by atoms with E-state index in [9.17, 15) is 0 Å². The van der Waals surface area contributed by atoms with Crippen LogP contribution in [-0.2, 0) is 0 Å². The zero-order valence-corrected chi connectivity index (χ0v) is 13.4. The summed E-state index contributed by atoms with van der Waals surface area (Å²) in [6, 6.07) is 3.89. The van der Waals surface area contributed by atoms with Gasteiger partial charge in [-0.2, -0.15) is 0 Å². The first kappa shape index (κ1) is 16.4. The SMILES string of the molecule is Cl.Clc1ccc(SCCCCN2CCSC2)nc1. The molecule has 2 heterocycles. The smallest absolute Gasteiger partial charge is 0.0960 e. The minimum atomic E-state index is 0. The molecule has 2 rings (SSSR count). The molecule has 1 aliphatic rings. The van der Waals surface area contributed by atoms with Crippen molar-refractivity contribution in [1.82, 2.24) is 9.88 Å². The molecule has 0 aromatic carbocycles. The van der Waals surface area contributed by atoms with Gasteiger partial charge in [-0.15, -0.1) is 35.9 Å². The molecule has 1 aromatic heterocycles. The molecule has 1 saturated heterocycles. The molecule has 0 aliphatic carbocycles. The quantitative estimate of drug-likeness (QED) is 0.579. The Morgan fingerprint density at radius 2 is 2.28 bits per heavy atom. The molecule has 1 aliphatic heterocycles. The van der Waals surface area contributed by atoms with Crippen LogP contribution in [0.1, 0.15) is 12.8 Å². The summed E-state index contributed by atoms with van der Waals surface area (Å²) in [7, 11) is 0. The number of pyridine rings is 1. The molecule has 0 spiro atoms. The molecule has 1 fully saturated rings. The number of hydrogen-bond acceptors (Lipinski definition) is 4. The van der Waals surface area contributed by atoms with E-state index >= 15 is 0 Å². The van der Waals surface area contributed by atoms with E-state index in [1.54, 1.807) is 6.20 Å². The van der Waals surface area contributed by atoms with Gasteiger partial charge in [-0.25, -0.2) is 4.98 Å². The molecular weight excluding hydrogens is 307 g/mol. The first-order valence-corrected chi connectivity index (χ1v) is 8.41. The van der Waals surface area contributed by atoms with E-state index in [4.69, 9.17) is 11.6 Å². The summed E-state index contributed by atoms with van der Waals surface area (Å²) in [6.45, 7) is 2.53. The van der Waals surface area contributed by atoms with Crippen molar-refractivity contribution in [1.29, 1.82) is 0 Å². The van der Waals surface area contributed by atoms with Gasteiger partial charge in [0, 0.05) is 24.4 Å².